The average Bonchev–Trinajstić information content (AvgIpc) is 2.40. The highest BCUT2D eigenvalue weighted by Gasteiger charge is 2.12. The van der Waals surface area contributed by atoms with Crippen molar-refractivity contribution in [3.8, 4) is 0 Å². The first-order chi connectivity index (χ1) is 9.51. The van der Waals surface area contributed by atoms with Crippen molar-refractivity contribution in [2.75, 3.05) is 24.3 Å². The molecule has 0 radical (unpaired) electrons. The fourth-order valence-corrected chi connectivity index (χ4v) is 2.66. The second kappa shape index (κ2) is 6.22. The monoisotopic (exact) mass is 334 g/mol. The number of aromatic nitrogens is 2. The first-order valence-electron chi connectivity index (χ1n) is 6.50. The van der Waals surface area contributed by atoms with Crippen LogP contribution in [0.4, 0.5) is 11.6 Å². The van der Waals surface area contributed by atoms with Gasteiger partial charge in [-0.3, -0.25) is 0 Å². The van der Waals surface area contributed by atoms with Crippen LogP contribution in [-0.2, 0) is 6.54 Å². The molecule has 2 rings (SSSR count). The third-order valence-corrected chi connectivity index (χ3v) is 3.63. The first-order valence-corrected chi connectivity index (χ1v) is 7.29. The van der Waals surface area contributed by atoms with E-state index in [2.05, 4.69) is 55.3 Å². The fraction of sp³-hybridized carbons (Fsp3) is 0.333. The lowest BCUT2D eigenvalue weighted by atomic mass is 10.2. The molecule has 0 bridgehead atoms. The fourth-order valence-electron chi connectivity index (χ4n) is 2.21. The minimum Gasteiger partial charge on any atom is -0.373 e. The summed E-state index contributed by atoms with van der Waals surface area (Å²) in [5, 5.41) is 3.12. The van der Waals surface area contributed by atoms with E-state index >= 15 is 0 Å². The van der Waals surface area contributed by atoms with Crippen molar-refractivity contribution in [3.63, 3.8) is 0 Å². The van der Waals surface area contributed by atoms with Crippen LogP contribution < -0.4 is 10.2 Å². The maximum atomic E-state index is 4.56. The van der Waals surface area contributed by atoms with Crippen LogP contribution in [0.3, 0.4) is 0 Å². The van der Waals surface area contributed by atoms with Crippen LogP contribution in [0.1, 0.15) is 17.0 Å². The molecule has 20 heavy (non-hydrogen) atoms. The molecule has 1 aromatic carbocycles. The number of aryl methyl sites for hydroxylation is 1. The van der Waals surface area contributed by atoms with Crippen molar-refractivity contribution in [1.29, 1.82) is 0 Å². The number of anilines is 2. The first kappa shape index (κ1) is 14.8. The maximum Gasteiger partial charge on any atom is 0.137 e. The van der Waals surface area contributed by atoms with E-state index in [1.165, 1.54) is 5.56 Å². The quantitative estimate of drug-likeness (QED) is 0.928. The lowest BCUT2D eigenvalue weighted by Crippen LogP contribution is -2.20. The minimum atomic E-state index is 0.774. The molecule has 0 amide bonds. The largest absolute Gasteiger partial charge is 0.373 e. The van der Waals surface area contributed by atoms with Gasteiger partial charge in [-0.2, -0.15) is 0 Å². The van der Waals surface area contributed by atoms with Gasteiger partial charge in [0.1, 0.15) is 17.5 Å². The van der Waals surface area contributed by atoms with Gasteiger partial charge in [0, 0.05) is 30.7 Å². The highest BCUT2D eigenvalue weighted by Crippen LogP contribution is 2.24. The normalized spacial score (nSPS) is 10.4. The van der Waals surface area contributed by atoms with E-state index in [4.69, 9.17) is 0 Å². The van der Waals surface area contributed by atoms with Crippen molar-refractivity contribution >= 4 is 27.6 Å². The molecule has 0 fully saturated rings. The van der Waals surface area contributed by atoms with Gasteiger partial charge in [0.2, 0.25) is 0 Å². The zero-order valence-electron chi connectivity index (χ0n) is 12.2. The van der Waals surface area contributed by atoms with E-state index in [-0.39, 0.29) is 0 Å². The number of nitrogens with zero attached hydrogens (tertiary/aromatic N) is 3. The Morgan fingerprint density at radius 2 is 2.00 bits per heavy atom. The number of benzene rings is 1. The number of hydrogen-bond donors (Lipinski definition) is 1. The Morgan fingerprint density at radius 3 is 2.65 bits per heavy atom. The third kappa shape index (κ3) is 3.28. The van der Waals surface area contributed by atoms with E-state index in [0.717, 1.165) is 34.0 Å². The molecule has 2 aromatic rings. The molecule has 106 valence electrons. The molecule has 0 aliphatic carbocycles. The lowest BCUT2D eigenvalue weighted by molar-refractivity contribution is 0.870. The van der Waals surface area contributed by atoms with Crippen molar-refractivity contribution in [3.05, 3.63) is 45.7 Å². The average molecular weight is 335 g/mol. The number of halogens is 1. The van der Waals surface area contributed by atoms with Crippen molar-refractivity contribution < 1.29 is 0 Å². The van der Waals surface area contributed by atoms with Crippen LogP contribution in [-0.4, -0.2) is 24.1 Å². The van der Waals surface area contributed by atoms with Crippen LogP contribution >= 0.6 is 15.9 Å². The minimum absolute atomic E-state index is 0.774. The molecular weight excluding hydrogens is 316 g/mol. The molecule has 1 aromatic heterocycles. The summed E-state index contributed by atoms with van der Waals surface area (Å²) < 4.78 is 1.09. The number of nitrogens with one attached hydrogen (secondary N) is 1. The molecule has 0 spiro atoms. The molecule has 4 nitrogen and oxygen atoms in total. The van der Waals surface area contributed by atoms with E-state index < -0.39 is 0 Å². The summed E-state index contributed by atoms with van der Waals surface area (Å²) in [4.78, 5) is 11.1. The van der Waals surface area contributed by atoms with E-state index in [0.29, 0.717) is 0 Å². The molecule has 5 heteroatoms. The van der Waals surface area contributed by atoms with Gasteiger partial charge in [-0.15, -0.1) is 0 Å². The second-order valence-corrected chi connectivity index (χ2v) is 5.72. The van der Waals surface area contributed by atoms with Gasteiger partial charge < -0.3 is 10.2 Å². The van der Waals surface area contributed by atoms with Crippen LogP contribution in [0, 0.1) is 13.8 Å². The highest BCUT2D eigenvalue weighted by molar-refractivity contribution is 9.10. The Morgan fingerprint density at radius 1 is 1.25 bits per heavy atom. The Hall–Kier alpha value is -1.62. The zero-order chi connectivity index (χ0) is 14.7. The third-order valence-electron chi connectivity index (χ3n) is 3.14. The Bertz CT molecular complexity index is 613. The lowest BCUT2D eigenvalue weighted by Gasteiger charge is -2.22. The number of hydrogen-bond acceptors (Lipinski definition) is 4. The smallest absolute Gasteiger partial charge is 0.137 e. The van der Waals surface area contributed by atoms with E-state index in [1.807, 2.05) is 33.0 Å². The Kier molecular flexibility index (Phi) is 4.60. The maximum absolute atomic E-state index is 4.56. The van der Waals surface area contributed by atoms with Gasteiger partial charge >= 0.3 is 0 Å². The zero-order valence-corrected chi connectivity index (χ0v) is 13.8. The summed E-state index contributed by atoms with van der Waals surface area (Å²) in [5.74, 6) is 2.62. The van der Waals surface area contributed by atoms with Crippen molar-refractivity contribution in [2.45, 2.75) is 20.4 Å². The standard InChI is InChI=1S/C15H19BrN4/c1-10-14(17-3)18-11(2)19-15(10)20(4)9-12-6-5-7-13(16)8-12/h5-8H,9H2,1-4H3,(H,17,18,19). The Balaban J connectivity index is 2.29. The van der Waals surface area contributed by atoms with Crippen LogP contribution in [0.25, 0.3) is 0 Å². The summed E-state index contributed by atoms with van der Waals surface area (Å²) in [5.41, 5.74) is 2.30. The summed E-state index contributed by atoms with van der Waals surface area (Å²) in [7, 11) is 3.93. The highest BCUT2D eigenvalue weighted by atomic mass is 79.9. The summed E-state index contributed by atoms with van der Waals surface area (Å²) in [6.07, 6.45) is 0. The second-order valence-electron chi connectivity index (χ2n) is 4.80. The molecular formula is C15H19BrN4. The molecule has 0 unspecified atom stereocenters. The molecule has 1 N–H and O–H groups in total. The van der Waals surface area contributed by atoms with E-state index in [1.54, 1.807) is 0 Å². The van der Waals surface area contributed by atoms with Gasteiger partial charge in [0.05, 0.1) is 0 Å². The van der Waals surface area contributed by atoms with Gasteiger partial charge in [-0.1, -0.05) is 28.1 Å². The molecule has 1 heterocycles. The topological polar surface area (TPSA) is 41.1 Å². The molecule has 0 atom stereocenters. The summed E-state index contributed by atoms with van der Waals surface area (Å²) in [6.45, 7) is 4.76. The number of rotatable bonds is 4. The molecule has 0 aliphatic rings. The van der Waals surface area contributed by atoms with Crippen LogP contribution in [0.2, 0.25) is 0 Å². The molecule has 0 saturated heterocycles. The van der Waals surface area contributed by atoms with E-state index in [9.17, 15) is 0 Å². The predicted octanol–water partition coefficient (Wildman–Crippen LogP) is 3.53. The molecule has 0 saturated carbocycles. The van der Waals surface area contributed by atoms with Gasteiger partial charge in [-0.05, 0) is 31.5 Å². The van der Waals surface area contributed by atoms with Crippen molar-refractivity contribution in [2.24, 2.45) is 0 Å². The van der Waals surface area contributed by atoms with Gasteiger partial charge in [-0.25, -0.2) is 9.97 Å². The van der Waals surface area contributed by atoms with Crippen LogP contribution in [0.5, 0.6) is 0 Å². The Labute approximate surface area is 128 Å². The summed E-state index contributed by atoms with van der Waals surface area (Å²) >= 11 is 3.50. The van der Waals surface area contributed by atoms with Gasteiger partial charge in [0.25, 0.3) is 0 Å². The van der Waals surface area contributed by atoms with Crippen molar-refractivity contribution in [1.82, 2.24) is 9.97 Å². The van der Waals surface area contributed by atoms with Crippen LogP contribution in [0.15, 0.2) is 28.7 Å². The predicted molar refractivity (Wildman–Crippen MR) is 87.3 cm³/mol. The molecule has 0 aliphatic heterocycles. The van der Waals surface area contributed by atoms with Gasteiger partial charge in [0.15, 0.2) is 0 Å². The summed E-state index contributed by atoms with van der Waals surface area (Å²) in [6, 6.07) is 8.32. The SMILES string of the molecule is CNc1nc(C)nc(N(C)Cc2cccc(Br)c2)c1C.